The highest BCUT2D eigenvalue weighted by Gasteiger charge is 2.47. The Kier molecular flexibility index (Phi) is 6.93. The lowest BCUT2D eigenvalue weighted by molar-refractivity contribution is -0.275. The molecule has 0 radical (unpaired) electrons. The molecule has 1 aliphatic rings. The van der Waals surface area contributed by atoms with Crippen LogP contribution in [-0.4, -0.2) is 57.9 Å². The number of benzene rings is 2. The van der Waals surface area contributed by atoms with Crippen molar-refractivity contribution in [2.24, 2.45) is 0 Å². The summed E-state index contributed by atoms with van der Waals surface area (Å²) in [7, 11) is 0. The maximum Gasteiger partial charge on any atom is 0.358 e. The first kappa shape index (κ1) is 21.3. The van der Waals surface area contributed by atoms with Crippen molar-refractivity contribution in [1.82, 2.24) is 0 Å². The van der Waals surface area contributed by atoms with E-state index >= 15 is 0 Å². The number of hydrogen-bond acceptors (Lipinski definition) is 8. The molecule has 0 saturated carbocycles. The average molecular weight is 428 g/mol. The monoisotopic (exact) mass is 428 g/mol. The second-order valence-electron chi connectivity index (χ2n) is 6.17. The molecule has 2 aromatic rings. The molecule has 2 aromatic carbocycles. The number of aliphatic hydroxyl groups is 3. The zero-order chi connectivity index (χ0) is 21.0. The topological polar surface area (TPSA) is 97.6 Å². The number of halogens is 2. The predicted molar refractivity (Wildman–Crippen MR) is 99.3 cm³/mol. The normalized spacial score (nSPS) is 26.6. The first-order chi connectivity index (χ1) is 13.9. The Morgan fingerprint density at radius 2 is 1.48 bits per heavy atom. The van der Waals surface area contributed by atoms with Crippen LogP contribution in [-0.2, 0) is 9.47 Å². The molecule has 0 spiro atoms. The number of thiocarbonyl (C=S) groups is 1. The minimum absolute atomic E-state index is 0.185. The van der Waals surface area contributed by atoms with Crippen LogP contribution in [0.1, 0.15) is 0 Å². The molecule has 0 aliphatic carbocycles. The summed E-state index contributed by atoms with van der Waals surface area (Å²) >= 11 is 4.97. The van der Waals surface area contributed by atoms with E-state index in [2.05, 4.69) is 0 Å². The van der Waals surface area contributed by atoms with Gasteiger partial charge in [-0.3, -0.25) is 0 Å². The van der Waals surface area contributed by atoms with Gasteiger partial charge in [-0.1, -0.05) is 0 Å². The van der Waals surface area contributed by atoms with Gasteiger partial charge in [0.15, 0.2) is 12.2 Å². The van der Waals surface area contributed by atoms with Crippen LogP contribution in [0.5, 0.6) is 11.5 Å². The molecule has 0 aromatic heterocycles. The van der Waals surface area contributed by atoms with Gasteiger partial charge in [0.25, 0.3) is 0 Å². The van der Waals surface area contributed by atoms with Gasteiger partial charge < -0.3 is 34.3 Å². The van der Waals surface area contributed by atoms with Crippen molar-refractivity contribution in [1.29, 1.82) is 0 Å². The van der Waals surface area contributed by atoms with Crippen molar-refractivity contribution in [3.05, 3.63) is 60.2 Å². The minimum Gasteiger partial charge on any atom is -0.462 e. The Hall–Kier alpha value is -2.37. The Balaban J connectivity index is 1.70. The number of rotatable bonds is 5. The molecule has 29 heavy (non-hydrogen) atoms. The van der Waals surface area contributed by atoms with Crippen molar-refractivity contribution in [2.45, 2.75) is 30.7 Å². The van der Waals surface area contributed by atoms with Gasteiger partial charge in [0.1, 0.15) is 35.3 Å². The zero-order valence-corrected chi connectivity index (χ0v) is 15.7. The molecule has 1 aliphatic heterocycles. The lowest BCUT2D eigenvalue weighted by Gasteiger charge is -2.41. The Morgan fingerprint density at radius 3 is 2.03 bits per heavy atom. The van der Waals surface area contributed by atoms with E-state index in [-0.39, 0.29) is 11.5 Å². The van der Waals surface area contributed by atoms with Crippen LogP contribution >= 0.6 is 12.2 Å². The van der Waals surface area contributed by atoms with E-state index in [0.29, 0.717) is 0 Å². The molecule has 1 fully saturated rings. The van der Waals surface area contributed by atoms with Crippen LogP contribution in [0, 0.1) is 11.6 Å². The number of aliphatic hydroxyl groups excluding tert-OH is 3. The van der Waals surface area contributed by atoms with E-state index in [1.165, 1.54) is 24.3 Å². The molecule has 7 nitrogen and oxygen atoms in total. The van der Waals surface area contributed by atoms with E-state index in [1.54, 1.807) is 0 Å². The van der Waals surface area contributed by atoms with Gasteiger partial charge in [-0.25, -0.2) is 8.78 Å². The average Bonchev–Trinajstić information content (AvgIpc) is 2.70. The van der Waals surface area contributed by atoms with Crippen LogP contribution in [0.15, 0.2) is 48.5 Å². The summed E-state index contributed by atoms with van der Waals surface area (Å²) in [5.41, 5.74) is 0. The molecule has 10 heteroatoms. The van der Waals surface area contributed by atoms with Crippen molar-refractivity contribution in [2.75, 3.05) is 6.61 Å². The van der Waals surface area contributed by atoms with Gasteiger partial charge in [-0.2, -0.15) is 0 Å². The van der Waals surface area contributed by atoms with Crippen molar-refractivity contribution in [3.63, 3.8) is 0 Å². The molecular formula is C19H18F2O7S. The van der Waals surface area contributed by atoms with E-state index < -0.39 is 54.2 Å². The molecule has 156 valence electrons. The summed E-state index contributed by atoms with van der Waals surface area (Å²) in [6, 6.07) is 9.91. The van der Waals surface area contributed by atoms with E-state index in [0.717, 1.165) is 24.3 Å². The summed E-state index contributed by atoms with van der Waals surface area (Å²) in [4.78, 5) is 0. The molecule has 0 unspecified atom stereocenters. The lowest BCUT2D eigenvalue weighted by atomic mass is 9.99. The van der Waals surface area contributed by atoms with Gasteiger partial charge >= 0.3 is 5.24 Å². The fraction of sp³-hybridized carbons (Fsp3) is 0.316. The predicted octanol–water partition coefficient (Wildman–Crippen LogP) is 1.53. The minimum atomic E-state index is -1.53. The van der Waals surface area contributed by atoms with Crippen LogP contribution < -0.4 is 9.47 Å². The third kappa shape index (κ3) is 5.37. The Bertz CT molecular complexity index is 818. The number of hydrogen-bond donors (Lipinski definition) is 3. The highest BCUT2D eigenvalue weighted by molar-refractivity contribution is 7.79. The zero-order valence-electron chi connectivity index (χ0n) is 14.9. The third-order valence-corrected chi connectivity index (χ3v) is 4.31. The number of ether oxygens (including phenoxy) is 4. The fourth-order valence-electron chi connectivity index (χ4n) is 2.67. The van der Waals surface area contributed by atoms with E-state index in [4.69, 9.17) is 31.2 Å². The van der Waals surface area contributed by atoms with Gasteiger partial charge in [0.2, 0.25) is 6.29 Å². The smallest absolute Gasteiger partial charge is 0.358 e. The molecule has 3 N–H and O–H groups in total. The summed E-state index contributed by atoms with van der Waals surface area (Å²) in [5.74, 6) is -0.570. The fourth-order valence-corrected chi connectivity index (χ4v) is 2.88. The van der Waals surface area contributed by atoms with E-state index in [1.807, 2.05) is 0 Å². The molecule has 1 saturated heterocycles. The van der Waals surface area contributed by atoms with Gasteiger partial charge in [0, 0.05) is 12.2 Å². The summed E-state index contributed by atoms with van der Waals surface area (Å²) in [5, 5.41) is 29.9. The summed E-state index contributed by atoms with van der Waals surface area (Å²) in [6.45, 7) is -0.595. The highest BCUT2D eigenvalue weighted by Crippen LogP contribution is 2.27. The van der Waals surface area contributed by atoms with Crippen molar-refractivity contribution in [3.8, 4) is 11.5 Å². The van der Waals surface area contributed by atoms with Crippen LogP contribution in [0.3, 0.4) is 0 Å². The van der Waals surface area contributed by atoms with Crippen LogP contribution in [0.2, 0.25) is 0 Å². The van der Waals surface area contributed by atoms with Crippen LogP contribution in [0.4, 0.5) is 8.78 Å². The van der Waals surface area contributed by atoms with Gasteiger partial charge in [0.05, 0.1) is 6.61 Å². The molecule has 5 atom stereocenters. The van der Waals surface area contributed by atoms with Crippen LogP contribution in [0.25, 0.3) is 0 Å². The molecule has 3 rings (SSSR count). The summed E-state index contributed by atoms with van der Waals surface area (Å²) in [6.07, 6.45) is -6.85. The second-order valence-corrected chi connectivity index (χ2v) is 6.50. The largest absolute Gasteiger partial charge is 0.462 e. The van der Waals surface area contributed by atoms with Gasteiger partial charge in [-0.15, -0.1) is 0 Å². The quantitative estimate of drug-likeness (QED) is 0.617. The second kappa shape index (κ2) is 9.42. The Morgan fingerprint density at radius 1 is 0.931 bits per heavy atom. The third-order valence-electron chi connectivity index (χ3n) is 4.13. The van der Waals surface area contributed by atoms with Gasteiger partial charge in [-0.05, 0) is 48.5 Å². The first-order valence-electron chi connectivity index (χ1n) is 8.56. The Labute approximate surface area is 170 Å². The molecule has 0 amide bonds. The maximum absolute atomic E-state index is 13.0. The standard InChI is InChI=1S/C19H18F2O7S/c20-10-1-5-12(6-2-10)25-18-16(24)17(15(23)14(9-22)27-18)28-19(29)26-13-7-3-11(21)4-8-13/h1-8,14-18,22-24H,9H2/t14-,15-,16+,17+,18+/m1/s1. The molecular weight excluding hydrogens is 410 g/mol. The lowest BCUT2D eigenvalue weighted by Crippen LogP contribution is -2.61. The SMILES string of the molecule is OC[C@H]1O[C@H](Oc2ccc(F)cc2)[C@@H](O)[C@@H](OC(=S)Oc2ccc(F)cc2)[C@@H]1O. The summed E-state index contributed by atoms with van der Waals surface area (Å²) < 4.78 is 47.5. The van der Waals surface area contributed by atoms with Crippen molar-refractivity contribution >= 4 is 17.5 Å². The first-order valence-corrected chi connectivity index (χ1v) is 8.97. The maximum atomic E-state index is 13.0. The molecule has 1 heterocycles. The van der Waals surface area contributed by atoms with E-state index in [9.17, 15) is 24.1 Å². The molecule has 0 bridgehead atoms. The van der Waals surface area contributed by atoms with Crippen molar-refractivity contribution < 1.29 is 43.0 Å². The highest BCUT2D eigenvalue weighted by atomic mass is 32.1.